The van der Waals surface area contributed by atoms with Crippen LogP contribution in [0.4, 0.5) is 19.3 Å². The van der Waals surface area contributed by atoms with Crippen molar-refractivity contribution in [3.63, 3.8) is 0 Å². The van der Waals surface area contributed by atoms with Crippen molar-refractivity contribution in [2.75, 3.05) is 37.6 Å². The van der Waals surface area contributed by atoms with Gasteiger partial charge in [-0.05, 0) is 37.3 Å². The summed E-state index contributed by atoms with van der Waals surface area (Å²) in [5.41, 5.74) is 0.704. The Kier molecular flexibility index (Phi) is 5.53. The number of urea groups is 1. The quantitative estimate of drug-likeness (QED) is 0.918. The van der Waals surface area contributed by atoms with Crippen LogP contribution in [-0.2, 0) is 0 Å². The zero-order valence-corrected chi connectivity index (χ0v) is 13.9. The van der Waals surface area contributed by atoms with Gasteiger partial charge in [-0.1, -0.05) is 12.8 Å². The highest BCUT2D eigenvalue weighted by Gasteiger charge is 2.24. The van der Waals surface area contributed by atoms with Crippen LogP contribution < -0.4 is 10.2 Å². The van der Waals surface area contributed by atoms with Crippen LogP contribution in [0.2, 0.25) is 0 Å². The van der Waals surface area contributed by atoms with E-state index in [2.05, 4.69) is 5.32 Å². The standard InChI is InChI=1S/C18H25F2N3O/c19-16-6-5-15(11-17(16)20)23-10-7-14(13-23)12-21-18(24)22-8-3-1-2-4-9-22/h5-6,11,14H,1-4,7-10,12-13H2,(H,21,24). The third-order valence-corrected chi connectivity index (χ3v) is 4.99. The summed E-state index contributed by atoms with van der Waals surface area (Å²) in [5.74, 6) is -1.29. The van der Waals surface area contributed by atoms with Crippen LogP contribution in [0.5, 0.6) is 0 Å². The fraction of sp³-hybridized carbons (Fsp3) is 0.611. The molecule has 0 radical (unpaired) electrons. The summed E-state index contributed by atoms with van der Waals surface area (Å²) in [6.45, 7) is 3.88. The van der Waals surface area contributed by atoms with Gasteiger partial charge in [-0.15, -0.1) is 0 Å². The van der Waals surface area contributed by atoms with E-state index in [4.69, 9.17) is 0 Å². The number of hydrogen-bond acceptors (Lipinski definition) is 2. The third kappa shape index (κ3) is 4.16. The van der Waals surface area contributed by atoms with Crippen molar-refractivity contribution < 1.29 is 13.6 Å². The first-order valence-electron chi connectivity index (χ1n) is 8.86. The second-order valence-corrected chi connectivity index (χ2v) is 6.79. The molecule has 2 heterocycles. The lowest BCUT2D eigenvalue weighted by molar-refractivity contribution is 0.198. The number of anilines is 1. The minimum atomic E-state index is -0.820. The molecule has 24 heavy (non-hydrogen) atoms. The first-order valence-corrected chi connectivity index (χ1v) is 8.86. The molecule has 2 saturated heterocycles. The Morgan fingerprint density at radius 1 is 1.08 bits per heavy atom. The Morgan fingerprint density at radius 2 is 1.83 bits per heavy atom. The molecular weight excluding hydrogens is 312 g/mol. The molecule has 1 aromatic carbocycles. The molecule has 0 bridgehead atoms. The van der Waals surface area contributed by atoms with Crippen molar-refractivity contribution in [3.8, 4) is 0 Å². The molecule has 1 unspecified atom stereocenters. The van der Waals surface area contributed by atoms with Gasteiger partial charge in [0.2, 0.25) is 0 Å². The van der Waals surface area contributed by atoms with Gasteiger partial charge in [-0.25, -0.2) is 13.6 Å². The maximum atomic E-state index is 13.4. The lowest BCUT2D eigenvalue weighted by Crippen LogP contribution is -2.42. The molecule has 0 aliphatic carbocycles. The second kappa shape index (κ2) is 7.81. The fourth-order valence-corrected chi connectivity index (χ4v) is 3.53. The minimum Gasteiger partial charge on any atom is -0.371 e. The fourth-order valence-electron chi connectivity index (χ4n) is 3.53. The molecule has 4 nitrogen and oxygen atoms in total. The smallest absolute Gasteiger partial charge is 0.317 e. The van der Waals surface area contributed by atoms with Gasteiger partial charge in [-0.3, -0.25) is 0 Å². The highest BCUT2D eigenvalue weighted by Crippen LogP contribution is 2.25. The van der Waals surface area contributed by atoms with Crippen LogP contribution in [-0.4, -0.2) is 43.7 Å². The lowest BCUT2D eigenvalue weighted by Gasteiger charge is -2.22. The number of carbonyl (C=O) groups is 1. The molecular formula is C18H25F2N3O. The van der Waals surface area contributed by atoms with E-state index in [9.17, 15) is 13.6 Å². The molecule has 0 aromatic heterocycles. The molecule has 0 spiro atoms. The number of rotatable bonds is 3. The van der Waals surface area contributed by atoms with Crippen LogP contribution in [0.1, 0.15) is 32.1 Å². The lowest BCUT2D eigenvalue weighted by atomic mass is 10.1. The number of halogens is 2. The molecule has 1 aromatic rings. The maximum absolute atomic E-state index is 13.4. The van der Waals surface area contributed by atoms with Crippen LogP contribution in [0, 0.1) is 17.6 Å². The summed E-state index contributed by atoms with van der Waals surface area (Å²) >= 11 is 0. The molecule has 0 saturated carbocycles. The predicted molar refractivity (Wildman–Crippen MR) is 90.1 cm³/mol. The van der Waals surface area contributed by atoms with Gasteiger partial charge in [0, 0.05) is 44.5 Å². The van der Waals surface area contributed by atoms with Gasteiger partial charge < -0.3 is 15.1 Å². The number of benzene rings is 1. The average Bonchev–Trinajstić information content (AvgIpc) is 2.88. The second-order valence-electron chi connectivity index (χ2n) is 6.79. The Morgan fingerprint density at radius 3 is 2.54 bits per heavy atom. The predicted octanol–water partition coefficient (Wildman–Crippen LogP) is 3.38. The van der Waals surface area contributed by atoms with E-state index in [1.807, 2.05) is 9.80 Å². The van der Waals surface area contributed by atoms with E-state index >= 15 is 0 Å². The third-order valence-electron chi connectivity index (χ3n) is 4.99. The maximum Gasteiger partial charge on any atom is 0.317 e. The molecule has 2 amide bonds. The molecule has 1 N–H and O–H groups in total. The van der Waals surface area contributed by atoms with Gasteiger partial charge in [0.1, 0.15) is 0 Å². The van der Waals surface area contributed by atoms with E-state index in [1.165, 1.54) is 25.0 Å². The van der Waals surface area contributed by atoms with Crippen molar-refractivity contribution in [3.05, 3.63) is 29.8 Å². The highest BCUT2D eigenvalue weighted by molar-refractivity contribution is 5.74. The van der Waals surface area contributed by atoms with E-state index in [1.54, 1.807) is 6.07 Å². The summed E-state index contributed by atoms with van der Waals surface area (Å²) < 4.78 is 26.4. The van der Waals surface area contributed by atoms with Crippen LogP contribution in [0.15, 0.2) is 18.2 Å². The van der Waals surface area contributed by atoms with Crippen LogP contribution in [0.25, 0.3) is 0 Å². The van der Waals surface area contributed by atoms with E-state index < -0.39 is 11.6 Å². The first-order chi connectivity index (χ1) is 11.6. The first kappa shape index (κ1) is 17.0. The van der Waals surface area contributed by atoms with Gasteiger partial charge in [0.05, 0.1) is 0 Å². The zero-order chi connectivity index (χ0) is 16.9. The van der Waals surface area contributed by atoms with Gasteiger partial charge >= 0.3 is 6.03 Å². The van der Waals surface area contributed by atoms with Gasteiger partial charge in [-0.2, -0.15) is 0 Å². The summed E-state index contributed by atoms with van der Waals surface area (Å²) in [4.78, 5) is 16.2. The van der Waals surface area contributed by atoms with E-state index in [0.717, 1.165) is 45.4 Å². The number of amides is 2. The highest BCUT2D eigenvalue weighted by atomic mass is 19.2. The summed E-state index contributed by atoms with van der Waals surface area (Å²) in [6, 6.07) is 4.05. The molecule has 132 valence electrons. The Bertz CT molecular complexity index is 573. The molecule has 2 aliphatic rings. The van der Waals surface area contributed by atoms with Crippen LogP contribution in [0.3, 0.4) is 0 Å². The summed E-state index contributed by atoms with van der Waals surface area (Å²) in [6.07, 6.45) is 5.52. The van der Waals surface area contributed by atoms with Crippen molar-refractivity contribution in [2.45, 2.75) is 32.1 Å². The Balaban J connectivity index is 1.47. The topological polar surface area (TPSA) is 35.6 Å². The largest absolute Gasteiger partial charge is 0.371 e. The molecule has 2 fully saturated rings. The van der Waals surface area contributed by atoms with Crippen molar-refractivity contribution in [1.29, 1.82) is 0 Å². The van der Waals surface area contributed by atoms with Crippen molar-refractivity contribution >= 4 is 11.7 Å². The molecule has 2 aliphatic heterocycles. The number of nitrogens with one attached hydrogen (secondary N) is 1. The summed E-state index contributed by atoms with van der Waals surface area (Å²) in [5, 5.41) is 3.04. The molecule has 1 atom stereocenters. The van der Waals surface area contributed by atoms with E-state index in [0.29, 0.717) is 18.2 Å². The van der Waals surface area contributed by atoms with Crippen molar-refractivity contribution in [2.24, 2.45) is 5.92 Å². The van der Waals surface area contributed by atoms with Crippen molar-refractivity contribution in [1.82, 2.24) is 10.2 Å². The normalized spacial score (nSPS) is 21.7. The average molecular weight is 337 g/mol. The number of hydrogen-bond donors (Lipinski definition) is 1. The summed E-state index contributed by atoms with van der Waals surface area (Å²) in [7, 11) is 0. The zero-order valence-electron chi connectivity index (χ0n) is 13.9. The molecule has 6 heteroatoms. The number of carbonyl (C=O) groups excluding carboxylic acids is 1. The number of likely N-dealkylation sites (tertiary alicyclic amines) is 1. The van der Waals surface area contributed by atoms with Gasteiger partial charge in [0.25, 0.3) is 0 Å². The SMILES string of the molecule is O=C(NCC1CCN(c2ccc(F)c(F)c2)C1)N1CCCCCC1. The monoisotopic (exact) mass is 337 g/mol. The Labute approximate surface area is 141 Å². The Hall–Kier alpha value is -1.85. The minimum absolute atomic E-state index is 0.0307. The van der Waals surface area contributed by atoms with Crippen LogP contribution >= 0.6 is 0 Å². The van der Waals surface area contributed by atoms with E-state index in [-0.39, 0.29) is 6.03 Å². The number of nitrogens with zero attached hydrogens (tertiary/aromatic N) is 2. The van der Waals surface area contributed by atoms with Gasteiger partial charge in [0.15, 0.2) is 11.6 Å². The molecule has 3 rings (SSSR count).